The number of halogens is 2. The molecule has 0 aliphatic rings. The van der Waals surface area contributed by atoms with E-state index in [-0.39, 0.29) is 0 Å². The summed E-state index contributed by atoms with van der Waals surface area (Å²) in [6.45, 7) is 2.92. The van der Waals surface area contributed by atoms with E-state index in [4.69, 9.17) is 10.5 Å². The maximum absolute atomic E-state index is 13.2. The van der Waals surface area contributed by atoms with Gasteiger partial charge in [-0.3, -0.25) is 0 Å². The predicted molar refractivity (Wildman–Crippen MR) is 54.7 cm³/mol. The van der Waals surface area contributed by atoms with Gasteiger partial charge >= 0.3 is 0 Å². The van der Waals surface area contributed by atoms with E-state index in [1.54, 1.807) is 6.92 Å². The van der Waals surface area contributed by atoms with Crippen molar-refractivity contribution < 1.29 is 13.5 Å². The zero-order valence-electron chi connectivity index (χ0n) is 8.72. The van der Waals surface area contributed by atoms with E-state index >= 15 is 0 Å². The Morgan fingerprint density at radius 1 is 1.20 bits per heavy atom. The molecule has 0 heterocycles. The van der Waals surface area contributed by atoms with Crippen molar-refractivity contribution in [3.05, 3.63) is 34.9 Å². The van der Waals surface area contributed by atoms with Crippen LogP contribution >= 0.6 is 0 Å². The fraction of sp³-hybridized carbons (Fsp3) is 0.455. The molecular formula is C11H15F2NO. The molecule has 0 saturated heterocycles. The van der Waals surface area contributed by atoms with Gasteiger partial charge in [0, 0.05) is 12.6 Å². The Hall–Kier alpha value is -1.00. The number of rotatable bonds is 5. The molecule has 0 aliphatic carbocycles. The van der Waals surface area contributed by atoms with Gasteiger partial charge in [0.15, 0.2) is 0 Å². The van der Waals surface area contributed by atoms with E-state index in [9.17, 15) is 8.78 Å². The Bertz CT molecular complexity index is 329. The molecule has 15 heavy (non-hydrogen) atoms. The number of nitrogens with two attached hydrogens (primary N) is 1. The van der Waals surface area contributed by atoms with Crippen LogP contribution in [0.15, 0.2) is 12.1 Å². The quantitative estimate of drug-likeness (QED) is 0.760. The molecule has 0 atom stereocenters. The molecule has 2 nitrogen and oxygen atoms in total. The van der Waals surface area contributed by atoms with Gasteiger partial charge in [-0.2, -0.15) is 0 Å². The lowest BCUT2D eigenvalue weighted by Gasteiger charge is -2.06. The van der Waals surface area contributed by atoms with Crippen LogP contribution in [0.25, 0.3) is 0 Å². The zero-order chi connectivity index (χ0) is 11.3. The van der Waals surface area contributed by atoms with Gasteiger partial charge in [0.25, 0.3) is 0 Å². The Morgan fingerprint density at radius 2 is 1.93 bits per heavy atom. The fourth-order valence-electron chi connectivity index (χ4n) is 1.28. The van der Waals surface area contributed by atoms with Gasteiger partial charge in [-0.05, 0) is 24.5 Å². The molecule has 0 aromatic heterocycles. The molecule has 4 heteroatoms. The third-order valence-corrected chi connectivity index (χ3v) is 2.11. The lowest BCUT2D eigenvalue weighted by atomic mass is 10.1. The van der Waals surface area contributed by atoms with Crippen LogP contribution in [0.3, 0.4) is 0 Å². The highest BCUT2D eigenvalue weighted by Crippen LogP contribution is 2.14. The minimum absolute atomic E-state index is 0.402. The fourth-order valence-corrected chi connectivity index (χ4v) is 1.28. The van der Waals surface area contributed by atoms with E-state index in [2.05, 4.69) is 0 Å². The third-order valence-electron chi connectivity index (χ3n) is 2.11. The molecule has 2 N–H and O–H groups in total. The first-order valence-corrected chi connectivity index (χ1v) is 4.87. The average molecular weight is 215 g/mol. The number of aryl methyl sites for hydroxylation is 1. The lowest BCUT2D eigenvalue weighted by molar-refractivity contribution is 0.144. The van der Waals surface area contributed by atoms with Crippen molar-refractivity contribution in [3.63, 3.8) is 0 Å². The molecule has 0 radical (unpaired) electrons. The van der Waals surface area contributed by atoms with Gasteiger partial charge in [-0.1, -0.05) is 6.07 Å². The summed E-state index contributed by atoms with van der Waals surface area (Å²) in [5.41, 5.74) is 6.16. The number of hydrogen-bond donors (Lipinski definition) is 1. The highest BCUT2D eigenvalue weighted by molar-refractivity contribution is 5.25. The van der Waals surface area contributed by atoms with Crippen LogP contribution in [0.5, 0.6) is 0 Å². The SMILES string of the molecule is Cc1cc(CCOCCN)c(F)cc1F. The third kappa shape index (κ3) is 3.57. The van der Waals surface area contributed by atoms with Crippen LogP contribution in [0, 0.1) is 18.6 Å². The Labute approximate surface area is 88.0 Å². The monoisotopic (exact) mass is 215 g/mol. The Balaban J connectivity index is 2.57. The predicted octanol–water partition coefficient (Wildman–Crippen LogP) is 1.79. The molecule has 1 aromatic carbocycles. The number of ether oxygens (including phenoxy) is 1. The zero-order valence-corrected chi connectivity index (χ0v) is 8.72. The van der Waals surface area contributed by atoms with Crippen LogP contribution in [-0.4, -0.2) is 19.8 Å². The van der Waals surface area contributed by atoms with Crippen molar-refractivity contribution in [2.75, 3.05) is 19.8 Å². The van der Waals surface area contributed by atoms with E-state index in [0.29, 0.717) is 37.3 Å². The summed E-state index contributed by atoms with van der Waals surface area (Å²) < 4.78 is 31.3. The molecular weight excluding hydrogens is 200 g/mol. The second kappa shape index (κ2) is 5.78. The topological polar surface area (TPSA) is 35.2 Å². The van der Waals surface area contributed by atoms with Gasteiger partial charge in [-0.25, -0.2) is 8.78 Å². The number of hydrogen-bond acceptors (Lipinski definition) is 2. The van der Waals surface area contributed by atoms with Crippen LogP contribution in [0.2, 0.25) is 0 Å². The maximum Gasteiger partial charge on any atom is 0.129 e. The highest BCUT2D eigenvalue weighted by atomic mass is 19.1. The summed E-state index contributed by atoms with van der Waals surface area (Å²) in [7, 11) is 0. The van der Waals surface area contributed by atoms with Gasteiger partial charge in [-0.15, -0.1) is 0 Å². The minimum atomic E-state index is -0.519. The van der Waals surface area contributed by atoms with Crippen molar-refractivity contribution in [1.29, 1.82) is 0 Å². The Morgan fingerprint density at radius 3 is 2.60 bits per heavy atom. The molecule has 0 spiro atoms. The molecule has 1 aromatic rings. The molecule has 0 saturated carbocycles. The molecule has 0 aliphatic heterocycles. The van der Waals surface area contributed by atoms with Gasteiger partial charge in [0.05, 0.1) is 13.2 Å². The van der Waals surface area contributed by atoms with E-state index in [0.717, 1.165) is 6.07 Å². The molecule has 1 rings (SSSR count). The summed E-state index contributed by atoms with van der Waals surface area (Å²) in [6.07, 6.45) is 0.437. The largest absolute Gasteiger partial charge is 0.380 e. The van der Waals surface area contributed by atoms with Crippen molar-refractivity contribution in [2.45, 2.75) is 13.3 Å². The molecule has 84 valence electrons. The summed E-state index contributed by atoms with van der Waals surface area (Å²) in [5, 5.41) is 0. The van der Waals surface area contributed by atoms with Crippen LogP contribution in [0.1, 0.15) is 11.1 Å². The van der Waals surface area contributed by atoms with Crippen molar-refractivity contribution >= 4 is 0 Å². The lowest BCUT2D eigenvalue weighted by Crippen LogP contribution is -2.10. The summed E-state index contributed by atoms with van der Waals surface area (Å²) in [5.74, 6) is -1.03. The Kier molecular flexibility index (Phi) is 4.65. The maximum atomic E-state index is 13.2. The first-order valence-electron chi connectivity index (χ1n) is 4.87. The summed E-state index contributed by atoms with van der Waals surface area (Å²) in [4.78, 5) is 0. The van der Waals surface area contributed by atoms with Crippen LogP contribution in [-0.2, 0) is 11.2 Å². The van der Waals surface area contributed by atoms with Crippen molar-refractivity contribution in [1.82, 2.24) is 0 Å². The molecule has 0 unspecified atom stereocenters. The summed E-state index contributed by atoms with van der Waals surface area (Å²) >= 11 is 0. The van der Waals surface area contributed by atoms with Gasteiger partial charge in [0.2, 0.25) is 0 Å². The second-order valence-corrected chi connectivity index (χ2v) is 3.34. The minimum Gasteiger partial charge on any atom is -0.380 e. The standard InChI is InChI=1S/C11H15F2NO/c1-8-6-9(2-4-15-5-3-14)11(13)7-10(8)12/h6-7H,2-5,14H2,1H3. The first-order chi connectivity index (χ1) is 7.15. The van der Waals surface area contributed by atoms with Crippen LogP contribution in [0.4, 0.5) is 8.78 Å². The van der Waals surface area contributed by atoms with E-state index in [1.807, 2.05) is 0 Å². The van der Waals surface area contributed by atoms with Crippen molar-refractivity contribution in [2.24, 2.45) is 5.73 Å². The molecule has 0 fully saturated rings. The normalized spacial score (nSPS) is 10.7. The first kappa shape index (κ1) is 12.1. The molecule has 0 amide bonds. The second-order valence-electron chi connectivity index (χ2n) is 3.34. The van der Waals surface area contributed by atoms with Crippen molar-refractivity contribution in [3.8, 4) is 0 Å². The average Bonchev–Trinajstić information content (AvgIpc) is 2.20. The number of benzene rings is 1. The van der Waals surface area contributed by atoms with E-state index in [1.165, 1.54) is 6.07 Å². The molecule has 0 bridgehead atoms. The van der Waals surface area contributed by atoms with E-state index < -0.39 is 11.6 Å². The summed E-state index contributed by atoms with van der Waals surface area (Å²) in [6, 6.07) is 2.42. The highest BCUT2D eigenvalue weighted by Gasteiger charge is 2.06. The van der Waals surface area contributed by atoms with Crippen LogP contribution < -0.4 is 5.73 Å². The van der Waals surface area contributed by atoms with Gasteiger partial charge in [0.1, 0.15) is 11.6 Å². The smallest absolute Gasteiger partial charge is 0.129 e. The van der Waals surface area contributed by atoms with Gasteiger partial charge < -0.3 is 10.5 Å².